The molecule has 0 aliphatic rings. The van der Waals surface area contributed by atoms with Crippen LogP contribution in [0.5, 0.6) is 0 Å². The van der Waals surface area contributed by atoms with Gasteiger partial charge in [-0.1, -0.05) is 0 Å². The summed E-state index contributed by atoms with van der Waals surface area (Å²) in [5, 5.41) is 10.9. The summed E-state index contributed by atoms with van der Waals surface area (Å²) in [7, 11) is 0. The molecule has 0 bridgehead atoms. The van der Waals surface area contributed by atoms with Crippen molar-refractivity contribution in [3.8, 4) is 0 Å². The molecule has 1 aromatic carbocycles. The van der Waals surface area contributed by atoms with Crippen molar-refractivity contribution in [1.82, 2.24) is 4.98 Å². The molecule has 0 aliphatic heterocycles. The quantitative estimate of drug-likeness (QED) is 0.475. The van der Waals surface area contributed by atoms with E-state index >= 15 is 0 Å². The zero-order valence-electron chi connectivity index (χ0n) is 12.5. The molecule has 0 saturated carbocycles. The molecule has 1 heterocycles. The van der Waals surface area contributed by atoms with Crippen LogP contribution in [-0.2, 0) is 10.9 Å². The number of esters is 1. The van der Waals surface area contributed by atoms with Gasteiger partial charge in [-0.05, 0) is 26.0 Å². The lowest BCUT2D eigenvalue weighted by molar-refractivity contribution is -0.385. The Bertz CT molecular complexity index is 785. The molecule has 1 unspecified atom stereocenters. The molecule has 1 aromatic heterocycles. The zero-order chi connectivity index (χ0) is 18.1. The number of halogens is 3. The van der Waals surface area contributed by atoms with Gasteiger partial charge in [-0.3, -0.25) is 10.1 Å². The molecule has 0 saturated heterocycles. The third-order valence-corrected chi connectivity index (χ3v) is 3.01. The fraction of sp³-hybridized carbons (Fsp3) is 0.286. The average molecular weight is 344 g/mol. The zero-order valence-corrected chi connectivity index (χ0v) is 12.5. The molecule has 10 heteroatoms. The number of nitro groups is 1. The lowest BCUT2D eigenvalue weighted by atomic mass is 10.1. The molecule has 7 nitrogen and oxygen atoms in total. The second-order valence-corrected chi connectivity index (χ2v) is 4.84. The maximum atomic E-state index is 12.7. The van der Waals surface area contributed by atoms with Crippen LogP contribution in [0.2, 0.25) is 0 Å². The summed E-state index contributed by atoms with van der Waals surface area (Å²) in [6.45, 7) is 2.98. The first-order chi connectivity index (χ1) is 11.1. The second kappa shape index (κ2) is 6.30. The van der Waals surface area contributed by atoms with Crippen LogP contribution in [-0.4, -0.2) is 15.9 Å². The van der Waals surface area contributed by atoms with Crippen LogP contribution < -0.4 is 0 Å². The minimum Gasteiger partial charge on any atom is -0.449 e. The number of nitrogens with zero attached hydrogens (tertiary/aromatic N) is 2. The topological polar surface area (TPSA) is 95.5 Å². The molecule has 128 valence electrons. The van der Waals surface area contributed by atoms with Gasteiger partial charge in [-0.15, -0.1) is 0 Å². The van der Waals surface area contributed by atoms with Gasteiger partial charge in [-0.2, -0.15) is 13.2 Å². The van der Waals surface area contributed by atoms with Crippen molar-refractivity contribution in [3.05, 3.63) is 57.3 Å². The molecule has 1 atom stereocenters. The van der Waals surface area contributed by atoms with Crippen molar-refractivity contribution >= 4 is 11.7 Å². The number of hydrogen-bond acceptors (Lipinski definition) is 6. The molecule has 0 aliphatic carbocycles. The number of benzene rings is 1. The smallest absolute Gasteiger partial charge is 0.416 e. The molecule has 0 radical (unpaired) electrons. The van der Waals surface area contributed by atoms with Gasteiger partial charge in [0.1, 0.15) is 11.3 Å². The number of rotatable bonds is 4. The highest BCUT2D eigenvalue weighted by Crippen LogP contribution is 2.33. The van der Waals surface area contributed by atoms with E-state index in [1.165, 1.54) is 13.1 Å². The van der Waals surface area contributed by atoms with Crippen LogP contribution in [0.3, 0.4) is 0 Å². The molecular weight excluding hydrogens is 333 g/mol. The second-order valence-electron chi connectivity index (χ2n) is 4.84. The van der Waals surface area contributed by atoms with E-state index in [-0.39, 0.29) is 5.89 Å². The molecule has 0 N–H and O–H groups in total. The van der Waals surface area contributed by atoms with Crippen LogP contribution in [0.15, 0.2) is 28.8 Å². The van der Waals surface area contributed by atoms with Crippen LogP contribution in [0, 0.1) is 17.0 Å². The summed E-state index contributed by atoms with van der Waals surface area (Å²) in [5.74, 6) is -0.815. The Hall–Kier alpha value is -2.91. The molecule has 2 rings (SSSR count). The maximum Gasteiger partial charge on any atom is 0.416 e. The van der Waals surface area contributed by atoms with Gasteiger partial charge >= 0.3 is 12.1 Å². The number of carbonyl (C=O) groups is 1. The number of alkyl halides is 3. The van der Waals surface area contributed by atoms with E-state index in [1.807, 2.05) is 0 Å². The number of ether oxygens (including phenoxy) is 1. The van der Waals surface area contributed by atoms with Gasteiger partial charge in [0.05, 0.1) is 16.7 Å². The van der Waals surface area contributed by atoms with Crippen LogP contribution in [0.25, 0.3) is 0 Å². The molecular formula is C14H11F3N2O5. The van der Waals surface area contributed by atoms with Crippen molar-refractivity contribution < 1.29 is 32.0 Å². The predicted molar refractivity (Wildman–Crippen MR) is 73.2 cm³/mol. The van der Waals surface area contributed by atoms with Crippen molar-refractivity contribution in [3.63, 3.8) is 0 Å². The van der Waals surface area contributed by atoms with Gasteiger partial charge in [0.15, 0.2) is 6.10 Å². The summed E-state index contributed by atoms with van der Waals surface area (Å²) in [6, 6.07) is 1.52. The highest BCUT2D eigenvalue weighted by molar-refractivity contribution is 5.94. The number of aromatic nitrogens is 1. The number of aryl methyl sites for hydroxylation is 1. The predicted octanol–water partition coefficient (Wildman–Crippen LogP) is 3.83. The van der Waals surface area contributed by atoms with E-state index in [4.69, 9.17) is 9.15 Å². The fourth-order valence-electron chi connectivity index (χ4n) is 1.87. The normalized spacial score (nSPS) is 12.7. The fourth-order valence-corrected chi connectivity index (χ4v) is 1.87. The minimum atomic E-state index is -4.75. The number of hydrogen-bond donors (Lipinski definition) is 0. The summed E-state index contributed by atoms with van der Waals surface area (Å²) >= 11 is 0. The van der Waals surface area contributed by atoms with Gasteiger partial charge in [-0.25, -0.2) is 9.78 Å². The summed E-state index contributed by atoms with van der Waals surface area (Å²) < 4.78 is 48.3. The third-order valence-electron chi connectivity index (χ3n) is 3.01. The maximum absolute atomic E-state index is 12.7. The van der Waals surface area contributed by atoms with Crippen molar-refractivity contribution in [2.45, 2.75) is 26.1 Å². The van der Waals surface area contributed by atoms with E-state index in [0.29, 0.717) is 24.0 Å². The standard InChI is InChI=1S/C14H11F3N2O5/c1-7-6-18-12(23-7)8(2)24-13(20)10-5-9(14(15,16)17)3-4-11(10)19(21)22/h3-6,8H,1-2H3. The Morgan fingerprint density at radius 2 is 2.08 bits per heavy atom. The Kier molecular flexibility index (Phi) is 4.58. The monoisotopic (exact) mass is 344 g/mol. The lowest BCUT2D eigenvalue weighted by Gasteiger charge is -2.12. The van der Waals surface area contributed by atoms with Crippen LogP contribution in [0.4, 0.5) is 18.9 Å². The Balaban J connectivity index is 2.34. The molecule has 0 spiro atoms. The molecule has 24 heavy (non-hydrogen) atoms. The van der Waals surface area contributed by atoms with Gasteiger partial charge in [0.25, 0.3) is 5.69 Å². The Morgan fingerprint density at radius 1 is 1.42 bits per heavy atom. The summed E-state index contributed by atoms with van der Waals surface area (Å²) in [4.78, 5) is 25.9. The highest BCUT2D eigenvalue weighted by atomic mass is 19.4. The summed E-state index contributed by atoms with van der Waals surface area (Å²) in [6.07, 6.45) is -4.41. The van der Waals surface area contributed by atoms with Crippen molar-refractivity contribution in [1.29, 1.82) is 0 Å². The molecule has 0 fully saturated rings. The van der Waals surface area contributed by atoms with Gasteiger partial charge in [0.2, 0.25) is 5.89 Å². The largest absolute Gasteiger partial charge is 0.449 e. The number of oxazole rings is 1. The van der Waals surface area contributed by atoms with Crippen LogP contribution in [0.1, 0.15) is 40.6 Å². The first-order valence-corrected chi connectivity index (χ1v) is 6.58. The summed E-state index contributed by atoms with van der Waals surface area (Å²) in [5.41, 5.74) is -2.78. The Morgan fingerprint density at radius 3 is 2.58 bits per heavy atom. The van der Waals surface area contributed by atoms with E-state index in [1.54, 1.807) is 6.92 Å². The SMILES string of the molecule is Cc1cnc(C(C)OC(=O)c2cc(C(F)(F)F)ccc2[N+](=O)[O-])o1. The number of nitro benzene ring substituents is 1. The van der Waals surface area contributed by atoms with Gasteiger partial charge < -0.3 is 9.15 Å². The first-order valence-electron chi connectivity index (χ1n) is 6.58. The van der Waals surface area contributed by atoms with Gasteiger partial charge in [0, 0.05) is 6.07 Å². The number of carbonyl (C=O) groups excluding carboxylic acids is 1. The average Bonchev–Trinajstić information content (AvgIpc) is 2.92. The van der Waals surface area contributed by atoms with Crippen molar-refractivity contribution in [2.75, 3.05) is 0 Å². The minimum absolute atomic E-state index is 0.0236. The Labute approximate surface area is 133 Å². The molecule has 2 aromatic rings. The molecule has 0 amide bonds. The van der Waals surface area contributed by atoms with E-state index in [9.17, 15) is 28.1 Å². The first kappa shape index (κ1) is 17.4. The lowest BCUT2D eigenvalue weighted by Crippen LogP contribution is -2.14. The van der Waals surface area contributed by atoms with E-state index in [2.05, 4.69) is 4.98 Å². The van der Waals surface area contributed by atoms with Crippen LogP contribution >= 0.6 is 0 Å². The third kappa shape index (κ3) is 3.70. The van der Waals surface area contributed by atoms with Crippen molar-refractivity contribution in [2.24, 2.45) is 0 Å². The van der Waals surface area contributed by atoms with E-state index < -0.39 is 40.0 Å². The van der Waals surface area contributed by atoms with E-state index in [0.717, 1.165) is 0 Å². The highest BCUT2D eigenvalue weighted by Gasteiger charge is 2.34.